The van der Waals surface area contributed by atoms with Crippen LogP contribution in [0.25, 0.3) is 0 Å². The van der Waals surface area contributed by atoms with Crippen molar-refractivity contribution in [2.45, 2.75) is 25.9 Å². The van der Waals surface area contributed by atoms with Crippen molar-refractivity contribution in [1.29, 1.82) is 0 Å². The van der Waals surface area contributed by atoms with E-state index >= 15 is 0 Å². The molecule has 2 heteroatoms. The minimum Gasteiger partial charge on any atom is -0.392 e. The average molecular weight is 205 g/mol. The summed E-state index contributed by atoms with van der Waals surface area (Å²) in [7, 11) is 0. The molecule has 1 aromatic rings. The van der Waals surface area contributed by atoms with Gasteiger partial charge in [0.25, 0.3) is 0 Å². The third kappa shape index (κ3) is 3.05. The normalized spacial score (nSPS) is 17.9. The fraction of sp³-hybridized carbons (Fsp3) is 0.538. The highest BCUT2D eigenvalue weighted by molar-refractivity contribution is 5.23. The Bertz CT molecular complexity index is 305. The zero-order valence-electron chi connectivity index (χ0n) is 9.08. The third-order valence-electron chi connectivity index (χ3n) is 3.16. The molecule has 1 aliphatic heterocycles. The van der Waals surface area contributed by atoms with Crippen LogP contribution in [0.3, 0.4) is 0 Å². The summed E-state index contributed by atoms with van der Waals surface area (Å²) >= 11 is 0. The van der Waals surface area contributed by atoms with Gasteiger partial charge in [-0.1, -0.05) is 24.3 Å². The Morgan fingerprint density at radius 2 is 1.93 bits per heavy atom. The van der Waals surface area contributed by atoms with Gasteiger partial charge in [-0.25, -0.2) is 0 Å². The summed E-state index contributed by atoms with van der Waals surface area (Å²) in [5, 5.41) is 12.4. The quantitative estimate of drug-likeness (QED) is 0.787. The van der Waals surface area contributed by atoms with Gasteiger partial charge < -0.3 is 10.4 Å². The molecule has 0 unspecified atom stereocenters. The van der Waals surface area contributed by atoms with Crippen molar-refractivity contribution in [3.8, 4) is 0 Å². The van der Waals surface area contributed by atoms with E-state index < -0.39 is 0 Å². The summed E-state index contributed by atoms with van der Waals surface area (Å²) < 4.78 is 0. The van der Waals surface area contributed by atoms with Gasteiger partial charge in [-0.3, -0.25) is 0 Å². The summed E-state index contributed by atoms with van der Waals surface area (Å²) in [5.41, 5.74) is 2.40. The van der Waals surface area contributed by atoms with Gasteiger partial charge >= 0.3 is 0 Å². The number of aliphatic hydroxyl groups excluding tert-OH is 1. The van der Waals surface area contributed by atoms with Crippen LogP contribution in [0.4, 0.5) is 0 Å². The van der Waals surface area contributed by atoms with Crippen LogP contribution in [-0.4, -0.2) is 18.2 Å². The standard InChI is InChI=1S/C13H19NO/c15-10-13-3-1-2-12(9-13)8-11-4-6-14-7-5-11/h1-3,9,11,14-15H,4-8,10H2. The molecule has 82 valence electrons. The number of aliphatic hydroxyl groups is 1. The third-order valence-corrected chi connectivity index (χ3v) is 3.16. The Labute approximate surface area is 91.3 Å². The van der Waals surface area contributed by atoms with Crippen molar-refractivity contribution in [2.24, 2.45) is 5.92 Å². The largest absolute Gasteiger partial charge is 0.392 e. The number of piperidine rings is 1. The number of benzene rings is 1. The van der Waals surface area contributed by atoms with E-state index in [1.807, 2.05) is 12.1 Å². The van der Waals surface area contributed by atoms with Crippen molar-refractivity contribution in [1.82, 2.24) is 5.32 Å². The van der Waals surface area contributed by atoms with Gasteiger partial charge in [0.1, 0.15) is 0 Å². The summed E-state index contributed by atoms with van der Waals surface area (Å²) in [4.78, 5) is 0. The molecule has 1 aliphatic rings. The van der Waals surface area contributed by atoms with E-state index in [0.29, 0.717) is 0 Å². The molecule has 1 fully saturated rings. The van der Waals surface area contributed by atoms with Crippen molar-refractivity contribution >= 4 is 0 Å². The van der Waals surface area contributed by atoms with Crippen molar-refractivity contribution < 1.29 is 5.11 Å². The Morgan fingerprint density at radius 3 is 2.67 bits per heavy atom. The number of rotatable bonds is 3. The molecule has 0 bridgehead atoms. The number of hydrogen-bond acceptors (Lipinski definition) is 2. The highest BCUT2D eigenvalue weighted by atomic mass is 16.3. The van der Waals surface area contributed by atoms with E-state index in [4.69, 9.17) is 5.11 Å². The molecule has 0 amide bonds. The molecule has 0 atom stereocenters. The number of hydrogen-bond donors (Lipinski definition) is 2. The van der Waals surface area contributed by atoms with Crippen LogP contribution in [-0.2, 0) is 13.0 Å². The highest BCUT2D eigenvalue weighted by Gasteiger charge is 2.13. The topological polar surface area (TPSA) is 32.3 Å². The molecule has 1 heterocycles. The van der Waals surface area contributed by atoms with Gasteiger partial charge in [0.15, 0.2) is 0 Å². The Kier molecular flexibility index (Phi) is 3.75. The molecule has 15 heavy (non-hydrogen) atoms. The molecule has 0 radical (unpaired) electrons. The van der Waals surface area contributed by atoms with E-state index in [1.165, 1.54) is 18.4 Å². The Balaban J connectivity index is 1.96. The van der Waals surface area contributed by atoms with Gasteiger partial charge in [-0.15, -0.1) is 0 Å². The van der Waals surface area contributed by atoms with Crippen molar-refractivity contribution in [3.05, 3.63) is 35.4 Å². The maximum atomic E-state index is 9.06. The summed E-state index contributed by atoms with van der Waals surface area (Å²) in [6, 6.07) is 8.32. The molecule has 2 N–H and O–H groups in total. The summed E-state index contributed by atoms with van der Waals surface area (Å²) in [5.74, 6) is 0.820. The van der Waals surface area contributed by atoms with Crippen LogP contribution in [0.2, 0.25) is 0 Å². The molecule has 0 aromatic heterocycles. The Hall–Kier alpha value is -0.860. The lowest BCUT2D eigenvalue weighted by Crippen LogP contribution is -2.28. The molecular formula is C13H19NO. The molecule has 0 spiro atoms. The first kappa shape index (κ1) is 10.7. The van der Waals surface area contributed by atoms with E-state index in [2.05, 4.69) is 17.4 Å². The van der Waals surface area contributed by atoms with E-state index in [0.717, 1.165) is 31.0 Å². The molecule has 0 aliphatic carbocycles. The van der Waals surface area contributed by atoms with Crippen LogP contribution in [0.1, 0.15) is 24.0 Å². The molecule has 0 saturated carbocycles. The Morgan fingerprint density at radius 1 is 1.20 bits per heavy atom. The van der Waals surface area contributed by atoms with Crippen molar-refractivity contribution in [3.63, 3.8) is 0 Å². The lowest BCUT2D eigenvalue weighted by Gasteiger charge is -2.22. The monoisotopic (exact) mass is 205 g/mol. The van der Waals surface area contributed by atoms with E-state index in [9.17, 15) is 0 Å². The predicted molar refractivity (Wildman–Crippen MR) is 61.7 cm³/mol. The number of nitrogens with one attached hydrogen (secondary N) is 1. The average Bonchev–Trinajstić information content (AvgIpc) is 2.31. The lowest BCUT2D eigenvalue weighted by molar-refractivity contribution is 0.281. The fourth-order valence-electron chi connectivity index (χ4n) is 2.27. The molecule has 2 rings (SSSR count). The second-order valence-corrected chi connectivity index (χ2v) is 4.38. The van der Waals surface area contributed by atoms with Gasteiger partial charge in [0, 0.05) is 0 Å². The van der Waals surface area contributed by atoms with Crippen LogP contribution in [0.15, 0.2) is 24.3 Å². The van der Waals surface area contributed by atoms with Crippen molar-refractivity contribution in [2.75, 3.05) is 13.1 Å². The van der Waals surface area contributed by atoms with Crippen LogP contribution < -0.4 is 5.32 Å². The maximum absolute atomic E-state index is 9.06. The maximum Gasteiger partial charge on any atom is 0.0681 e. The first-order chi connectivity index (χ1) is 7.38. The zero-order valence-corrected chi connectivity index (χ0v) is 9.08. The van der Waals surface area contributed by atoms with E-state index in [1.54, 1.807) is 0 Å². The van der Waals surface area contributed by atoms with Gasteiger partial charge in [0.05, 0.1) is 6.61 Å². The second kappa shape index (κ2) is 5.29. The lowest BCUT2D eigenvalue weighted by atomic mass is 9.90. The van der Waals surface area contributed by atoms with Gasteiger partial charge in [-0.2, -0.15) is 0 Å². The molecular weight excluding hydrogens is 186 g/mol. The first-order valence-corrected chi connectivity index (χ1v) is 5.78. The van der Waals surface area contributed by atoms with Crippen LogP contribution >= 0.6 is 0 Å². The second-order valence-electron chi connectivity index (χ2n) is 4.38. The fourth-order valence-corrected chi connectivity index (χ4v) is 2.27. The van der Waals surface area contributed by atoms with E-state index in [-0.39, 0.29) is 6.61 Å². The van der Waals surface area contributed by atoms with Crippen LogP contribution in [0, 0.1) is 5.92 Å². The minimum atomic E-state index is 0.153. The smallest absolute Gasteiger partial charge is 0.0681 e. The van der Waals surface area contributed by atoms with Crippen LogP contribution in [0.5, 0.6) is 0 Å². The first-order valence-electron chi connectivity index (χ1n) is 5.78. The highest BCUT2D eigenvalue weighted by Crippen LogP contribution is 2.18. The summed E-state index contributed by atoms with van der Waals surface area (Å²) in [6.45, 7) is 2.47. The zero-order chi connectivity index (χ0) is 10.5. The SMILES string of the molecule is OCc1cccc(CC2CCNCC2)c1. The molecule has 1 aromatic carbocycles. The predicted octanol–water partition coefficient (Wildman–Crippen LogP) is 1.72. The molecule has 1 saturated heterocycles. The minimum absolute atomic E-state index is 0.153. The van der Waals surface area contributed by atoms with Gasteiger partial charge in [-0.05, 0) is 49.4 Å². The van der Waals surface area contributed by atoms with Gasteiger partial charge in [0.2, 0.25) is 0 Å². The molecule has 2 nitrogen and oxygen atoms in total. The summed E-state index contributed by atoms with van der Waals surface area (Å²) in [6.07, 6.45) is 3.72.